The van der Waals surface area contributed by atoms with Crippen LogP contribution in [0.5, 0.6) is 0 Å². The highest BCUT2D eigenvalue weighted by molar-refractivity contribution is 5.86. The Kier molecular flexibility index (Phi) is 14.7. The third kappa shape index (κ3) is 12.1. The van der Waals surface area contributed by atoms with Gasteiger partial charge >= 0.3 is 12.2 Å². The van der Waals surface area contributed by atoms with Crippen molar-refractivity contribution in [2.24, 2.45) is 11.3 Å². The Labute approximate surface area is 293 Å². The van der Waals surface area contributed by atoms with Gasteiger partial charge in [-0.3, -0.25) is 25.0 Å². The number of rotatable bonds is 15. The summed E-state index contributed by atoms with van der Waals surface area (Å²) in [5.41, 5.74) is 5.37. The van der Waals surface area contributed by atoms with E-state index in [4.69, 9.17) is 9.47 Å². The zero-order valence-electron chi connectivity index (χ0n) is 29.7. The lowest BCUT2D eigenvalue weighted by molar-refractivity contribution is -0.132. The second-order valence-electron chi connectivity index (χ2n) is 13.3. The third-order valence-corrected chi connectivity index (χ3v) is 7.94. The molecule has 0 radical (unpaired) electrons. The Morgan fingerprint density at radius 2 is 1.48 bits per heavy atom. The molecule has 50 heavy (non-hydrogen) atoms. The molecule has 0 saturated heterocycles. The zero-order valence-corrected chi connectivity index (χ0v) is 29.7. The largest absolute Gasteiger partial charge is 0.453 e. The van der Waals surface area contributed by atoms with E-state index in [2.05, 4.69) is 31.3 Å². The maximum absolute atomic E-state index is 13.8. The Morgan fingerprint density at radius 3 is 2.04 bits per heavy atom. The first-order valence-electron chi connectivity index (χ1n) is 16.3. The maximum Gasteiger partial charge on any atom is 0.407 e. The normalized spacial score (nSPS) is 13.8. The highest BCUT2D eigenvalue weighted by Crippen LogP contribution is 2.21. The van der Waals surface area contributed by atoms with Crippen LogP contribution in [0.3, 0.4) is 0 Å². The summed E-state index contributed by atoms with van der Waals surface area (Å²) < 4.78 is 9.48. The van der Waals surface area contributed by atoms with E-state index in [9.17, 15) is 24.3 Å². The Balaban J connectivity index is 1.93. The SMILES string of the molecule is COC(=O)N[C@H](C(=O)N[C@@H](Cc1ccccc1)[C@@H](O)CN(Cc1ccc(-c2cnccn2)cc1)NC(=O)[C@@H](NC(=O)OC)C(C)(C)C)C(C)C. The molecule has 14 heteroatoms. The van der Waals surface area contributed by atoms with Crippen molar-refractivity contribution in [3.05, 3.63) is 84.3 Å². The predicted octanol–water partition coefficient (Wildman–Crippen LogP) is 3.22. The summed E-state index contributed by atoms with van der Waals surface area (Å²) in [6.45, 7) is 9.00. The molecule has 3 rings (SSSR count). The van der Waals surface area contributed by atoms with Gasteiger partial charge in [0, 0.05) is 31.0 Å². The molecule has 0 spiro atoms. The Morgan fingerprint density at radius 1 is 0.840 bits per heavy atom. The quantitative estimate of drug-likeness (QED) is 0.148. The maximum atomic E-state index is 13.8. The van der Waals surface area contributed by atoms with Gasteiger partial charge in [0.25, 0.3) is 5.91 Å². The van der Waals surface area contributed by atoms with Gasteiger partial charge in [0.1, 0.15) is 12.1 Å². The molecule has 0 fully saturated rings. The van der Waals surface area contributed by atoms with Crippen molar-refractivity contribution in [2.75, 3.05) is 20.8 Å². The van der Waals surface area contributed by atoms with Crippen molar-refractivity contribution in [3.63, 3.8) is 0 Å². The van der Waals surface area contributed by atoms with Crippen LogP contribution >= 0.6 is 0 Å². The lowest BCUT2D eigenvalue weighted by Gasteiger charge is -2.35. The number of alkyl carbamates (subject to hydrolysis) is 2. The summed E-state index contributed by atoms with van der Waals surface area (Å²) >= 11 is 0. The molecular formula is C36H49N7O7. The molecule has 4 amide bonds. The van der Waals surface area contributed by atoms with E-state index in [0.29, 0.717) is 5.69 Å². The Bertz CT molecular complexity index is 1530. The van der Waals surface area contributed by atoms with Gasteiger partial charge in [-0.15, -0.1) is 0 Å². The number of aromatic nitrogens is 2. The summed E-state index contributed by atoms with van der Waals surface area (Å²) in [7, 11) is 2.43. The van der Waals surface area contributed by atoms with E-state index in [1.54, 1.807) is 58.2 Å². The van der Waals surface area contributed by atoms with E-state index >= 15 is 0 Å². The summed E-state index contributed by atoms with van der Waals surface area (Å²) in [6.07, 6.45) is 2.37. The van der Waals surface area contributed by atoms with Gasteiger partial charge in [0.2, 0.25) is 5.91 Å². The van der Waals surface area contributed by atoms with Crippen LogP contribution in [0.15, 0.2) is 73.2 Å². The average Bonchev–Trinajstić information content (AvgIpc) is 3.09. The molecule has 0 aliphatic rings. The van der Waals surface area contributed by atoms with Gasteiger partial charge in [-0.1, -0.05) is 89.2 Å². The van der Waals surface area contributed by atoms with E-state index in [0.717, 1.165) is 16.7 Å². The number of nitrogens with one attached hydrogen (secondary N) is 4. The predicted molar refractivity (Wildman–Crippen MR) is 187 cm³/mol. The third-order valence-electron chi connectivity index (χ3n) is 7.94. The fourth-order valence-corrected chi connectivity index (χ4v) is 5.17. The van der Waals surface area contributed by atoms with E-state index < -0.39 is 53.6 Å². The second kappa shape index (κ2) is 18.6. The minimum atomic E-state index is -1.22. The van der Waals surface area contributed by atoms with Crippen molar-refractivity contribution >= 4 is 24.0 Å². The lowest BCUT2D eigenvalue weighted by Crippen LogP contribution is -2.60. The standard InChI is InChI=1S/C36H49N7O7/c1-23(2)30(40-34(47)49-6)32(45)39-27(19-24-11-9-8-10-12-24)29(44)22-43(42-33(46)31(36(3,4)5)41-35(48)50-7)21-25-13-15-26(16-14-25)28-20-37-17-18-38-28/h8-18,20,23,27,29-31,44H,19,21-22H2,1-7H3,(H,39,45)(H,40,47)(H,41,48)(H,42,46)/t27-,29-,30-,31+/m0/s1. The fourth-order valence-electron chi connectivity index (χ4n) is 5.17. The van der Waals surface area contributed by atoms with Crippen molar-refractivity contribution in [2.45, 2.75) is 71.8 Å². The van der Waals surface area contributed by atoms with Gasteiger partial charge in [-0.25, -0.2) is 14.6 Å². The topological polar surface area (TPSA) is 184 Å². The number of hydrazine groups is 1. The molecule has 5 N–H and O–H groups in total. The first kappa shape index (κ1) is 39.4. The zero-order chi connectivity index (χ0) is 36.8. The number of carbonyl (C=O) groups excluding carboxylic acids is 4. The number of amides is 4. The number of nitrogens with zero attached hydrogens (tertiary/aromatic N) is 3. The summed E-state index contributed by atoms with van der Waals surface area (Å²) in [6, 6.07) is 14.1. The molecule has 1 heterocycles. The van der Waals surface area contributed by atoms with Gasteiger partial charge in [-0.05, 0) is 28.9 Å². The molecule has 3 aromatic rings. The molecule has 4 atom stereocenters. The van der Waals surface area contributed by atoms with Gasteiger partial charge in [0.15, 0.2) is 0 Å². The smallest absolute Gasteiger partial charge is 0.407 e. The molecule has 0 bridgehead atoms. The number of carbonyl (C=O) groups is 4. The van der Waals surface area contributed by atoms with Crippen LogP contribution in [0.2, 0.25) is 0 Å². The lowest BCUT2D eigenvalue weighted by atomic mass is 9.86. The number of benzene rings is 2. The van der Waals surface area contributed by atoms with E-state index in [-0.39, 0.29) is 25.4 Å². The van der Waals surface area contributed by atoms with Crippen molar-refractivity contribution in [3.8, 4) is 11.3 Å². The minimum absolute atomic E-state index is 0.124. The molecule has 0 aliphatic carbocycles. The summed E-state index contributed by atoms with van der Waals surface area (Å²) in [5, 5.41) is 21.4. The molecule has 270 valence electrons. The van der Waals surface area contributed by atoms with Crippen molar-refractivity contribution < 1.29 is 33.8 Å². The highest BCUT2D eigenvalue weighted by atomic mass is 16.5. The number of aliphatic hydroxyl groups excluding tert-OH is 1. The summed E-state index contributed by atoms with van der Waals surface area (Å²) in [4.78, 5) is 60.0. The van der Waals surface area contributed by atoms with E-state index in [1.165, 1.54) is 14.2 Å². The highest BCUT2D eigenvalue weighted by Gasteiger charge is 2.35. The number of ether oxygens (including phenoxy) is 2. The number of hydrogen-bond acceptors (Lipinski definition) is 10. The minimum Gasteiger partial charge on any atom is -0.453 e. The summed E-state index contributed by atoms with van der Waals surface area (Å²) in [5.74, 6) is -1.33. The number of hydrogen-bond donors (Lipinski definition) is 5. The molecular weight excluding hydrogens is 642 g/mol. The molecule has 2 aromatic carbocycles. The number of aliphatic hydroxyl groups is 1. The fraction of sp³-hybridized carbons (Fsp3) is 0.444. The van der Waals surface area contributed by atoms with Crippen LogP contribution in [-0.4, -0.2) is 89.1 Å². The van der Waals surface area contributed by atoms with Crippen LogP contribution in [0.25, 0.3) is 11.3 Å². The van der Waals surface area contributed by atoms with Crippen LogP contribution in [-0.2, 0) is 32.0 Å². The van der Waals surface area contributed by atoms with Gasteiger partial charge in [0.05, 0.1) is 38.3 Å². The van der Waals surface area contributed by atoms with Crippen LogP contribution in [0, 0.1) is 11.3 Å². The van der Waals surface area contributed by atoms with Crippen molar-refractivity contribution in [1.29, 1.82) is 0 Å². The van der Waals surface area contributed by atoms with Crippen LogP contribution < -0.4 is 21.4 Å². The monoisotopic (exact) mass is 691 g/mol. The molecule has 1 aromatic heterocycles. The molecule has 0 aliphatic heterocycles. The Hall–Kier alpha value is -5.08. The molecule has 0 unspecified atom stereocenters. The first-order valence-corrected chi connectivity index (χ1v) is 16.3. The first-order chi connectivity index (χ1) is 23.7. The van der Waals surface area contributed by atoms with Gasteiger partial charge < -0.3 is 30.5 Å². The van der Waals surface area contributed by atoms with Crippen LogP contribution in [0.4, 0.5) is 9.59 Å². The molecule has 14 nitrogen and oxygen atoms in total. The van der Waals surface area contributed by atoms with E-state index in [1.807, 2.05) is 54.6 Å². The van der Waals surface area contributed by atoms with Crippen LogP contribution in [0.1, 0.15) is 45.7 Å². The second-order valence-corrected chi connectivity index (χ2v) is 13.3. The number of methoxy groups -OCH3 is 2. The molecule has 0 saturated carbocycles. The van der Waals surface area contributed by atoms with Gasteiger partial charge in [-0.2, -0.15) is 0 Å². The van der Waals surface area contributed by atoms with Crippen molar-refractivity contribution in [1.82, 2.24) is 36.4 Å². The average molecular weight is 692 g/mol.